The molecule has 0 aliphatic rings. The summed E-state index contributed by atoms with van der Waals surface area (Å²) >= 11 is 0. The number of nitro benzene ring substituents is 1. The van der Waals surface area contributed by atoms with Crippen molar-refractivity contribution in [1.82, 2.24) is 16.0 Å². The Kier molecular flexibility index (Phi) is 13.8. The molecule has 0 saturated carbocycles. The van der Waals surface area contributed by atoms with Gasteiger partial charge in [-0.1, -0.05) is 12.1 Å². The second kappa shape index (κ2) is 16.8. The van der Waals surface area contributed by atoms with Crippen LogP contribution >= 0.6 is 0 Å². The van der Waals surface area contributed by atoms with Gasteiger partial charge in [0, 0.05) is 19.0 Å². The van der Waals surface area contributed by atoms with Gasteiger partial charge in [-0.2, -0.15) is 0 Å². The summed E-state index contributed by atoms with van der Waals surface area (Å²) in [4.78, 5) is 62.8. The molecule has 0 spiro atoms. The zero-order chi connectivity index (χ0) is 28.5. The van der Waals surface area contributed by atoms with Gasteiger partial charge in [0.1, 0.15) is 12.3 Å². The maximum Gasteiger partial charge on any atom is 0.310 e. The Morgan fingerprint density at radius 2 is 1.82 bits per heavy atom. The van der Waals surface area contributed by atoms with E-state index in [1.165, 1.54) is 24.3 Å². The highest BCUT2D eigenvalue weighted by Crippen LogP contribution is 2.25. The molecule has 38 heavy (non-hydrogen) atoms. The predicted molar refractivity (Wildman–Crippen MR) is 137 cm³/mol. The van der Waals surface area contributed by atoms with E-state index in [2.05, 4.69) is 20.9 Å². The highest BCUT2D eigenvalue weighted by Gasteiger charge is 2.23. The third-order valence-corrected chi connectivity index (χ3v) is 4.91. The average molecular weight is 536 g/mol. The fourth-order valence-corrected chi connectivity index (χ4v) is 3.12. The first kappa shape index (κ1) is 31.3. The lowest BCUT2D eigenvalue weighted by Gasteiger charge is -2.19. The lowest BCUT2D eigenvalue weighted by atomic mass is 10.1. The first-order valence-electron chi connectivity index (χ1n) is 11.6. The maximum absolute atomic E-state index is 12.7. The van der Waals surface area contributed by atoms with E-state index >= 15 is 0 Å². The molecule has 0 unspecified atom stereocenters. The number of guanidine groups is 1. The van der Waals surface area contributed by atoms with Crippen LogP contribution in [0.4, 0.5) is 5.69 Å². The number of para-hydroxylation sites is 2. The van der Waals surface area contributed by atoms with Crippen molar-refractivity contribution >= 4 is 41.5 Å². The standard InChI is InChI=1S/C22H33N9O7/c23-18(24)9-3-5-14(12-32)29-19(33)11-28-21(35)15(6-4-10-27-22(25)26)30-20(34)13-38-17-8-2-1-7-16(17)31(36)37/h1-2,7-8,12,14-15H,3-6,9-11,13H2,(H3,23,24)(H,28,35)(H,29,33)(H,30,34)(H4,25,26,27)/t14-,15+/m0/s1. The molecule has 1 rings (SSSR count). The van der Waals surface area contributed by atoms with Gasteiger partial charge in [0.25, 0.3) is 5.91 Å². The molecule has 16 nitrogen and oxygen atoms in total. The zero-order valence-electron chi connectivity index (χ0n) is 20.7. The smallest absolute Gasteiger partial charge is 0.310 e. The van der Waals surface area contributed by atoms with Crippen molar-refractivity contribution in [3.05, 3.63) is 34.4 Å². The Morgan fingerprint density at radius 1 is 1.11 bits per heavy atom. The van der Waals surface area contributed by atoms with Gasteiger partial charge in [0.2, 0.25) is 11.8 Å². The molecule has 1 aromatic rings. The van der Waals surface area contributed by atoms with Crippen molar-refractivity contribution in [3.63, 3.8) is 0 Å². The van der Waals surface area contributed by atoms with Crippen LogP contribution in [0.1, 0.15) is 32.1 Å². The highest BCUT2D eigenvalue weighted by atomic mass is 16.6. The van der Waals surface area contributed by atoms with E-state index in [1.54, 1.807) is 0 Å². The lowest BCUT2D eigenvalue weighted by Crippen LogP contribution is -2.50. The maximum atomic E-state index is 12.7. The largest absolute Gasteiger partial charge is 0.477 e. The predicted octanol–water partition coefficient (Wildman–Crippen LogP) is -1.58. The molecule has 0 aliphatic carbocycles. The van der Waals surface area contributed by atoms with Crippen LogP contribution in [0.25, 0.3) is 0 Å². The molecular weight excluding hydrogens is 502 g/mol. The first-order valence-corrected chi connectivity index (χ1v) is 11.6. The molecule has 0 heterocycles. The van der Waals surface area contributed by atoms with Gasteiger partial charge in [-0.15, -0.1) is 0 Å². The van der Waals surface area contributed by atoms with Crippen LogP contribution in [0.2, 0.25) is 0 Å². The summed E-state index contributed by atoms with van der Waals surface area (Å²) in [5.74, 6) is -2.36. The normalized spacial score (nSPS) is 11.8. The number of aliphatic imine (C=N–C) groups is 1. The van der Waals surface area contributed by atoms with Crippen molar-refractivity contribution in [2.75, 3.05) is 19.7 Å². The summed E-state index contributed by atoms with van der Waals surface area (Å²) in [6.45, 7) is -0.899. The minimum Gasteiger partial charge on any atom is -0.477 e. The molecule has 0 aliphatic heterocycles. The van der Waals surface area contributed by atoms with Gasteiger partial charge in [-0.05, 0) is 31.7 Å². The number of ether oxygens (including phenoxy) is 1. The number of amidine groups is 1. The van der Waals surface area contributed by atoms with Gasteiger partial charge >= 0.3 is 5.69 Å². The number of carbonyl (C=O) groups excluding carboxylic acids is 4. The molecule has 2 atom stereocenters. The van der Waals surface area contributed by atoms with Gasteiger partial charge < -0.3 is 42.7 Å². The summed E-state index contributed by atoms with van der Waals surface area (Å²) in [5.41, 5.74) is 15.5. The van der Waals surface area contributed by atoms with Crippen molar-refractivity contribution in [1.29, 1.82) is 5.41 Å². The Labute approximate surface area is 218 Å². The number of nitrogens with zero attached hydrogens (tertiary/aromatic N) is 2. The van der Waals surface area contributed by atoms with Crippen LogP contribution in [0.5, 0.6) is 5.75 Å². The molecule has 3 amide bonds. The average Bonchev–Trinajstić information content (AvgIpc) is 2.86. The van der Waals surface area contributed by atoms with E-state index in [9.17, 15) is 29.3 Å². The first-order chi connectivity index (χ1) is 18.0. The third-order valence-electron chi connectivity index (χ3n) is 4.91. The summed E-state index contributed by atoms with van der Waals surface area (Å²) in [6.07, 6.45) is 1.92. The van der Waals surface area contributed by atoms with Gasteiger partial charge in [0.05, 0.1) is 23.3 Å². The second-order valence-corrected chi connectivity index (χ2v) is 8.03. The molecule has 1 aromatic carbocycles. The van der Waals surface area contributed by atoms with E-state index in [-0.39, 0.29) is 49.0 Å². The lowest BCUT2D eigenvalue weighted by molar-refractivity contribution is -0.385. The minimum atomic E-state index is -1.10. The number of nitrogens with two attached hydrogens (primary N) is 3. The molecule has 0 radical (unpaired) electrons. The fraction of sp³-hybridized carbons (Fsp3) is 0.455. The Balaban J connectivity index is 2.70. The van der Waals surface area contributed by atoms with E-state index < -0.39 is 47.9 Å². The van der Waals surface area contributed by atoms with Crippen LogP contribution < -0.4 is 37.9 Å². The fourth-order valence-electron chi connectivity index (χ4n) is 3.12. The van der Waals surface area contributed by atoms with Crippen LogP contribution in [0, 0.1) is 15.5 Å². The van der Waals surface area contributed by atoms with Crippen LogP contribution in [0.15, 0.2) is 29.3 Å². The molecule has 0 aromatic heterocycles. The Hall–Kier alpha value is -4.76. The number of aldehydes is 1. The Bertz CT molecular complexity index is 1030. The molecule has 208 valence electrons. The third kappa shape index (κ3) is 12.8. The van der Waals surface area contributed by atoms with Crippen molar-refractivity contribution in [2.24, 2.45) is 22.2 Å². The number of carbonyl (C=O) groups is 4. The van der Waals surface area contributed by atoms with E-state index in [0.717, 1.165) is 0 Å². The van der Waals surface area contributed by atoms with Gasteiger partial charge in [-0.3, -0.25) is 34.9 Å². The molecule has 0 saturated heterocycles. The number of benzene rings is 1. The number of hydrogen-bond acceptors (Lipinski definition) is 9. The summed E-state index contributed by atoms with van der Waals surface area (Å²) < 4.78 is 5.24. The van der Waals surface area contributed by atoms with E-state index in [4.69, 9.17) is 27.3 Å². The quantitative estimate of drug-likeness (QED) is 0.0283. The van der Waals surface area contributed by atoms with Crippen LogP contribution in [-0.4, -0.2) is 72.5 Å². The Morgan fingerprint density at radius 3 is 2.45 bits per heavy atom. The monoisotopic (exact) mass is 535 g/mol. The number of hydrogen-bond donors (Lipinski definition) is 7. The summed E-state index contributed by atoms with van der Waals surface area (Å²) in [5, 5.41) is 25.6. The number of rotatable bonds is 18. The van der Waals surface area contributed by atoms with E-state index in [1.807, 2.05) is 0 Å². The van der Waals surface area contributed by atoms with Gasteiger partial charge in [0.15, 0.2) is 18.3 Å². The molecule has 16 heteroatoms. The van der Waals surface area contributed by atoms with Crippen LogP contribution in [0.3, 0.4) is 0 Å². The van der Waals surface area contributed by atoms with E-state index in [0.29, 0.717) is 19.1 Å². The van der Waals surface area contributed by atoms with Crippen LogP contribution in [-0.2, 0) is 19.2 Å². The molecular formula is C22H33N9O7. The summed E-state index contributed by atoms with van der Waals surface area (Å²) in [6, 6.07) is 3.59. The minimum absolute atomic E-state index is 0.0337. The van der Waals surface area contributed by atoms with Crippen molar-refractivity contribution in [3.8, 4) is 5.75 Å². The highest BCUT2D eigenvalue weighted by molar-refractivity contribution is 5.91. The SMILES string of the molecule is N=C(N)CCC[C@@H](C=O)NC(=O)CNC(=O)[C@@H](CCCN=C(N)N)NC(=O)COc1ccccc1[N+](=O)[O-]. The number of amides is 3. The van der Waals surface area contributed by atoms with Crippen molar-refractivity contribution in [2.45, 2.75) is 44.2 Å². The topological polar surface area (TPSA) is 271 Å². The molecule has 10 N–H and O–H groups in total. The summed E-state index contributed by atoms with van der Waals surface area (Å²) in [7, 11) is 0. The van der Waals surface area contributed by atoms with Gasteiger partial charge in [-0.25, -0.2) is 0 Å². The molecule has 0 fully saturated rings. The number of nitrogens with one attached hydrogen (secondary N) is 4. The zero-order valence-corrected chi connectivity index (χ0v) is 20.7. The number of nitro groups is 1. The molecule has 0 bridgehead atoms. The van der Waals surface area contributed by atoms with Crippen molar-refractivity contribution < 1.29 is 28.8 Å². The second-order valence-electron chi connectivity index (χ2n) is 8.03.